The highest BCUT2D eigenvalue weighted by molar-refractivity contribution is 5.28. The van der Waals surface area contributed by atoms with E-state index in [-0.39, 0.29) is 6.04 Å². The highest BCUT2D eigenvalue weighted by Crippen LogP contribution is 2.18. The minimum absolute atomic E-state index is 0.156. The van der Waals surface area contributed by atoms with Crippen molar-refractivity contribution in [1.29, 1.82) is 0 Å². The van der Waals surface area contributed by atoms with E-state index in [4.69, 9.17) is 4.52 Å². The van der Waals surface area contributed by atoms with Gasteiger partial charge in [-0.3, -0.25) is 0 Å². The summed E-state index contributed by atoms with van der Waals surface area (Å²) in [5.74, 6) is 1.41. The average molecular weight is 239 g/mol. The monoisotopic (exact) mass is 239 g/mol. The van der Waals surface area contributed by atoms with E-state index in [1.165, 1.54) is 0 Å². The SMILES string of the molecule is CCC(NC)c1nc(N2CCN(C)CC2)no1. The Labute approximate surface area is 102 Å². The number of aromatic nitrogens is 2. The van der Waals surface area contributed by atoms with E-state index in [9.17, 15) is 0 Å². The third-order valence-corrected chi connectivity index (χ3v) is 3.27. The van der Waals surface area contributed by atoms with Crippen LogP contribution < -0.4 is 10.2 Å². The maximum absolute atomic E-state index is 5.31. The van der Waals surface area contributed by atoms with E-state index in [1.807, 2.05) is 7.05 Å². The maximum atomic E-state index is 5.31. The molecule has 0 amide bonds. The molecule has 0 spiro atoms. The van der Waals surface area contributed by atoms with Crippen LogP contribution in [0, 0.1) is 0 Å². The van der Waals surface area contributed by atoms with Crippen LogP contribution in [-0.4, -0.2) is 55.3 Å². The largest absolute Gasteiger partial charge is 0.336 e. The van der Waals surface area contributed by atoms with E-state index in [0.29, 0.717) is 5.89 Å². The van der Waals surface area contributed by atoms with E-state index in [2.05, 4.69) is 39.2 Å². The zero-order chi connectivity index (χ0) is 12.3. The summed E-state index contributed by atoms with van der Waals surface area (Å²) in [6.07, 6.45) is 0.945. The Morgan fingerprint density at radius 1 is 1.35 bits per heavy atom. The van der Waals surface area contributed by atoms with Crippen LogP contribution in [0.4, 0.5) is 5.95 Å². The first-order chi connectivity index (χ1) is 8.24. The van der Waals surface area contributed by atoms with Crippen molar-refractivity contribution in [2.45, 2.75) is 19.4 Å². The average Bonchev–Trinajstić information content (AvgIpc) is 2.81. The van der Waals surface area contributed by atoms with Crippen LogP contribution in [0.1, 0.15) is 25.3 Å². The quantitative estimate of drug-likeness (QED) is 0.825. The summed E-state index contributed by atoms with van der Waals surface area (Å²) in [5, 5.41) is 7.23. The Hall–Kier alpha value is -1.14. The molecule has 0 bridgehead atoms. The van der Waals surface area contributed by atoms with Crippen LogP contribution in [0.5, 0.6) is 0 Å². The third-order valence-electron chi connectivity index (χ3n) is 3.27. The van der Waals surface area contributed by atoms with Gasteiger partial charge in [-0.05, 0) is 25.7 Å². The molecule has 96 valence electrons. The molecule has 2 rings (SSSR count). The number of hydrogen-bond acceptors (Lipinski definition) is 6. The van der Waals surface area contributed by atoms with Gasteiger partial charge in [0.15, 0.2) is 0 Å². The predicted molar refractivity (Wildman–Crippen MR) is 66.1 cm³/mol. The van der Waals surface area contributed by atoms with Crippen LogP contribution in [0.3, 0.4) is 0 Å². The van der Waals surface area contributed by atoms with Gasteiger partial charge < -0.3 is 19.6 Å². The molecule has 2 heterocycles. The molecule has 1 fully saturated rings. The van der Waals surface area contributed by atoms with Gasteiger partial charge in [-0.25, -0.2) is 0 Å². The zero-order valence-electron chi connectivity index (χ0n) is 10.8. The zero-order valence-corrected chi connectivity index (χ0v) is 10.8. The van der Waals surface area contributed by atoms with Crippen LogP contribution in [-0.2, 0) is 0 Å². The van der Waals surface area contributed by atoms with Crippen molar-refractivity contribution in [2.75, 3.05) is 45.2 Å². The number of rotatable bonds is 4. The first-order valence-corrected chi connectivity index (χ1v) is 6.19. The molecule has 0 radical (unpaired) electrons. The molecule has 1 aliphatic rings. The fourth-order valence-corrected chi connectivity index (χ4v) is 2.01. The lowest BCUT2D eigenvalue weighted by Gasteiger charge is -2.31. The topological polar surface area (TPSA) is 57.4 Å². The van der Waals surface area contributed by atoms with E-state index >= 15 is 0 Å². The van der Waals surface area contributed by atoms with Gasteiger partial charge in [-0.2, -0.15) is 4.98 Å². The summed E-state index contributed by atoms with van der Waals surface area (Å²) >= 11 is 0. The van der Waals surface area contributed by atoms with Gasteiger partial charge in [-0.1, -0.05) is 6.92 Å². The number of anilines is 1. The van der Waals surface area contributed by atoms with Crippen molar-refractivity contribution in [2.24, 2.45) is 0 Å². The summed E-state index contributed by atoms with van der Waals surface area (Å²) < 4.78 is 5.31. The summed E-state index contributed by atoms with van der Waals surface area (Å²) in [4.78, 5) is 8.95. The Kier molecular flexibility index (Phi) is 3.96. The molecule has 0 saturated carbocycles. The Morgan fingerprint density at radius 3 is 2.65 bits per heavy atom. The van der Waals surface area contributed by atoms with Gasteiger partial charge >= 0.3 is 0 Å². The summed E-state index contributed by atoms with van der Waals surface area (Å²) in [7, 11) is 4.04. The second-order valence-corrected chi connectivity index (χ2v) is 4.47. The molecule has 1 saturated heterocycles. The number of piperazine rings is 1. The first kappa shape index (κ1) is 12.3. The van der Waals surface area contributed by atoms with Gasteiger partial charge in [0.2, 0.25) is 5.89 Å². The molecule has 1 aliphatic heterocycles. The number of hydrogen-bond donors (Lipinski definition) is 1. The molecule has 6 nitrogen and oxygen atoms in total. The highest BCUT2D eigenvalue weighted by Gasteiger charge is 2.21. The molecule has 1 N–H and O–H groups in total. The Bertz CT molecular complexity index is 341. The van der Waals surface area contributed by atoms with Crippen LogP contribution in [0.25, 0.3) is 0 Å². The summed E-state index contributed by atoms with van der Waals surface area (Å²) in [5.41, 5.74) is 0. The first-order valence-electron chi connectivity index (χ1n) is 6.19. The second kappa shape index (κ2) is 5.46. The number of nitrogens with zero attached hydrogens (tertiary/aromatic N) is 4. The van der Waals surface area contributed by atoms with Crippen LogP contribution >= 0.6 is 0 Å². The van der Waals surface area contributed by atoms with E-state index in [1.54, 1.807) is 0 Å². The lowest BCUT2D eigenvalue weighted by Crippen LogP contribution is -2.44. The molecule has 1 aromatic rings. The van der Waals surface area contributed by atoms with Crippen molar-refractivity contribution >= 4 is 5.95 Å². The van der Waals surface area contributed by atoms with Crippen molar-refractivity contribution in [3.63, 3.8) is 0 Å². The molecule has 0 aromatic carbocycles. The van der Waals surface area contributed by atoms with Gasteiger partial charge in [0, 0.05) is 26.2 Å². The second-order valence-electron chi connectivity index (χ2n) is 4.47. The standard InChI is InChI=1S/C11H21N5O/c1-4-9(12-2)10-13-11(14-17-10)16-7-5-15(3)6-8-16/h9,12H,4-8H2,1-3H3. The summed E-state index contributed by atoms with van der Waals surface area (Å²) in [6, 6.07) is 0.156. The fraction of sp³-hybridized carbons (Fsp3) is 0.818. The molecular formula is C11H21N5O. The normalized spacial score (nSPS) is 19.6. The number of nitrogens with one attached hydrogen (secondary N) is 1. The third kappa shape index (κ3) is 2.76. The van der Waals surface area contributed by atoms with E-state index < -0.39 is 0 Å². The minimum atomic E-state index is 0.156. The van der Waals surface area contributed by atoms with Gasteiger partial charge in [0.25, 0.3) is 5.95 Å². The lowest BCUT2D eigenvalue weighted by molar-refractivity contribution is 0.307. The van der Waals surface area contributed by atoms with E-state index in [0.717, 1.165) is 38.5 Å². The van der Waals surface area contributed by atoms with Gasteiger partial charge in [0.05, 0.1) is 6.04 Å². The predicted octanol–water partition coefficient (Wildman–Crippen LogP) is 0.492. The maximum Gasteiger partial charge on any atom is 0.266 e. The molecular weight excluding hydrogens is 218 g/mol. The Morgan fingerprint density at radius 2 is 2.06 bits per heavy atom. The van der Waals surface area contributed by atoms with Crippen molar-refractivity contribution < 1.29 is 4.52 Å². The van der Waals surface area contributed by atoms with Gasteiger partial charge in [0.1, 0.15) is 0 Å². The molecule has 17 heavy (non-hydrogen) atoms. The minimum Gasteiger partial charge on any atom is -0.336 e. The lowest BCUT2D eigenvalue weighted by atomic mass is 10.2. The summed E-state index contributed by atoms with van der Waals surface area (Å²) in [6.45, 7) is 6.12. The highest BCUT2D eigenvalue weighted by atomic mass is 16.5. The molecule has 1 atom stereocenters. The number of likely N-dealkylation sites (N-methyl/N-ethyl adjacent to an activating group) is 1. The molecule has 1 unspecified atom stereocenters. The van der Waals surface area contributed by atoms with Crippen molar-refractivity contribution in [3.8, 4) is 0 Å². The van der Waals surface area contributed by atoms with Crippen molar-refractivity contribution in [1.82, 2.24) is 20.4 Å². The Balaban J connectivity index is 2.02. The van der Waals surface area contributed by atoms with Crippen LogP contribution in [0.2, 0.25) is 0 Å². The van der Waals surface area contributed by atoms with Crippen LogP contribution in [0.15, 0.2) is 4.52 Å². The van der Waals surface area contributed by atoms with Crippen molar-refractivity contribution in [3.05, 3.63) is 5.89 Å². The fourth-order valence-electron chi connectivity index (χ4n) is 2.01. The molecule has 0 aliphatic carbocycles. The molecule has 1 aromatic heterocycles. The molecule has 6 heteroatoms. The van der Waals surface area contributed by atoms with Gasteiger partial charge in [-0.15, -0.1) is 0 Å². The smallest absolute Gasteiger partial charge is 0.266 e.